The molecule has 2 nitrogen and oxygen atoms in total. The molecule has 0 saturated heterocycles. The maximum atomic E-state index is 11.7. The van der Waals surface area contributed by atoms with E-state index in [1.807, 2.05) is 13.8 Å². The van der Waals surface area contributed by atoms with Gasteiger partial charge in [0.15, 0.2) is 0 Å². The van der Waals surface area contributed by atoms with Crippen LogP contribution >= 0.6 is 11.5 Å². The standard InChI is InChI=1S/C7H8F3NOS/c1-4(2)5-3-6(11-13-5)12-7(8,9)10/h3-4H,1-2H3. The highest BCUT2D eigenvalue weighted by molar-refractivity contribution is 7.06. The van der Waals surface area contributed by atoms with Crippen molar-refractivity contribution in [2.45, 2.75) is 26.1 Å². The quantitative estimate of drug-likeness (QED) is 0.749. The molecule has 0 aromatic carbocycles. The van der Waals surface area contributed by atoms with Gasteiger partial charge in [-0.2, -0.15) is 4.37 Å². The van der Waals surface area contributed by atoms with Crippen LogP contribution in [0.25, 0.3) is 0 Å². The van der Waals surface area contributed by atoms with Crippen molar-refractivity contribution in [3.8, 4) is 5.88 Å². The molecule has 0 spiro atoms. The Hall–Kier alpha value is -0.780. The van der Waals surface area contributed by atoms with Crippen LogP contribution in [0.5, 0.6) is 5.88 Å². The van der Waals surface area contributed by atoms with Crippen LogP contribution in [0.3, 0.4) is 0 Å². The van der Waals surface area contributed by atoms with Crippen molar-refractivity contribution >= 4 is 11.5 Å². The Morgan fingerprint density at radius 2 is 2.08 bits per heavy atom. The number of halogens is 3. The van der Waals surface area contributed by atoms with Crippen LogP contribution in [0.15, 0.2) is 6.07 Å². The summed E-state index contributed by atoms with van der Waals surface area (Å²) in [5, 5.41) is 0. The number of hydrogen-bond donors (Lipinski definition) is 0. The summed E-state index contributed by atoms with van der Waals surface area (Å²) in [5.74, 6) is -0.204. The third-order valence-corrected chi connectivity index (χ3v) is 2.37. The second-order valence-corrected chi connectivity index (χ2v) is 3.61. The summed E-state index contributed by atoms with van der Waals surface area (Å²) >= 11 is 1.02. The summed E-state index contributed by atoms with van der Waals surface area (Å²) < 4.78 is 42.2. The lowest BCUT2D eigenvalue weighted by atomic mass is 10.2. The van der Waals surface area contributed by atoms with Gasteiger partial charge in [-0.15, -0.1) is 13.2 Å². The van der Waals surface area contributed by atoms with Gasteiger partial charge in [-0.3, -0.25) is 0 Å². The fourth-order valence-corrected chi connectivity index (χ4v) is 1.36. The first-order valence-electron chi connectivity index (χ1n) is 3.61. The molecular weight excluding hydrogens is 203 g/mol. The second kappa shape index (κ2) is 3.53. The molecule has 0 unspecified atom stereocenters. The van der Waals surface area contributed by atoms with Gasteiger partial charge < -0.3 is 4.74 Å². The molecule has 1 heterocycles. The van der Waals surface area contributed by atoms with Gasteiger partial charge >= 0.3 is 6.36 Å². The second-order valence-electron chi connectivity index (χ2n) is 2.77. The lowest BCUT2D eigenvalue weighted by Crippen LogP contribution is -2.17. The van der Waals surface area contributed by atoms with Crippen LogP contribution in [0.4, 0.5) is 13.2 Å². The minimum absolute atomic E-state index is 0.170. The Balaban J connectivity index is 2.70. The average Bonchev–Trinajstić information content (AvgIpc) is 2.31. The lowest BCUT2D eigenvalue weighted by Gasteiger charge is -2.04. The van der Waals surface area contributed by atoms with Gasteiger partial charge in [0.05, 0.1) is 0 Å². The molecule has 1 rings (SSSR count). The number of rotatable bonds is 2. The van der Waals surface area contributed by atoms with E-state index < -0.39 is 6.36 Å². The van der Waals surface area contributed by atoms with E-state index in [0.29, 0.717) is 0 Å². The molecule has 0 aliphatic carbocycles. The Morgan fingerprint density at radius 3 is 2.46 bits per heavy atom. The summed E-state index contributed by atoms with van der Waals surface area (Å²) in [6.07, 6.45) is -4.65. The van der Waals surface area contributed by atoms with Crippen LogP contribution in [0.2, 0.25) is 0 Å². The molecule has 1 aromatic rings. The molecule has 0 saturated carbocycles. The fourth-order valence-electron chi connectivity index (χ4n) is 0.711. The number of aromatic nitrogens is 1. The average molecular weight is 211 g/mol. The van der Waals surface area contributed by atoms with Crippen molar-refractivity contribution in [2.24, 2.45) is 0 Å². The van der Waals surface area contributed by atoms with E-state index in [1.165, 1.54) is 6.07 Å². The monoisotopic (exact) mass is 211 g/mol. The highest BCUT2D eigenvalue weighted by Crippen LogP contribution is 2.27. The van der Waals surface area contributed by atoms with Gasteiger partial charge in [-0.05, 0) is 17.5 Å². The normalized spacial score (nSPS) is 12.2. The number of hydrogen-bond acceptors (Lipinski definition) is 3. The zero-order valence-electron chi connectivity index (χ0n) is 7.05. The lowest BCUT2D eigenvalue weighted by molar-refractivity contribution is -0.275. The van der Waals surface area contributed by atoms with Crippen molar-refractivity contribution in [1.82, 2.24) is 4.37 Å². The van der Waals surface area contributed by atoms with Crippen LogP contribution in [0.1, 0.15) is 24.6 Å². The summed E-state index contributed by atoms with van der Waals surface area (Å²) in [7, 11) is 0. The molecule has 0 bridgehead atoms. The van der Waals surface area contributed by atoms with Crippen molar-refractivity contribution in [3.63, 3.8) is 0 Å². The van der Waals surface area contributed by atoms with E-state index in [1.54, 1.807) is 0 Å². The predicted octanol–water partition coefficient (Wildman–Crippen LogP) is 3.17. The van der Waals surface area contributed by atoms with Gasteiger partial charge in [-0.1, -0.05) is 13.8 Å². The van der Waals surface area contributed by atoms with Crippen molar-refractivity contribution < 1.29 is 17.9 Å². The summed E-state index contributed by atoms with van der Waals surface area (Å²) in [6.45, 7) is 3.76. The largest absolute Gasteiger partial charge is 0.574 e. The first-order valence-corrected chi connectivity index (χ1v) is 4.38. The molecule has 0 aliphatic rings. The molecule has 13 heavy (non-hydrogen) atoms. The number of ether oxygens (including phenoxy) is 1. The molecule has 1 aromatic heterocycles. The van der Waals surface area contributed by atoms with Gasteiger partial charge in [-0.25, -0.2) is 0 Å². The van der Waals surface area contributed by atoms with E-state index in [9.17, 15) is 13.2 Å². The van der Waals surface area contributed by atoms with Crippen molar-refractivity contribution in [3.05, 3.63) is 10.9 Å². The Morgan fingerprint density at radius 1 is 1.46 bits per heavy atom. The molecule has 6 heteroatoms. The van der Waals surface area contributed by atoms with E-state index in [0.717, 1.165) is 16.4 Å². The molecule has 74 valence electrons. The molecule has 0 N–H and O–H groups in total. The van der Waals surface area contributed by atoms with E-state index >= 15 is 0 Å². The Kier molecular flexibility index (Phi) is 2.80. The highest BCUT2D eigenvalue weighted by Gasteiger charge is 2.32. The Labute approximate surface area is 77.5 Å². The van der Waals surface area contributed by atoms with Crippen LogP contribution in [-0.2, 0) is 0 Å². The maximum Gasteiger partial charge on any atom is 0.574 e. The third-order valence-electron chi connectivity index (χ3n) is 1.30. The highest BCUT2D eigenvalue weighted by atomic mass is 32.1. The topological polar surface area (TPSA) is 22.1 Å². The first kappa shape index (κ1) is 10.3. The van der Waals surface area contributed by atoms with Crippen molar-refractivity contribution in [1.29, 1.82) is 0 Å². The van der Waals surface area contributed by atoms with Crippen LogP contribution < -0.4 is 4.74 Å². The van der Waals surface area contributed by atoms with E-state index in [2.05, 4.69) is 9.11 Å². The fraction of sp³-hybridized carbons (Fsp3) is 0.571. The molecule has 0 atom stereocenters. The predicted molar refractivity (Wildman–Crippen MR) is 42.9 cm³/mol. The molecule has 0 radical (unpaired) electrons. The Bertz CT molecular complexity index is 282. The maximum absolute atomic E-state index is 11.7. The van der Waals surface area contributed by atoms with Gasteiger partial charge in [0.25, 0.3) is 0 Å². The molecule has 0 aliphatic heterocycles. The third kappa shape index (κ3) is 3.22. The smallest absolute Gasteiger partial charge is 0.387 e. The first-order chi connectivity index (χ1) is 5.88. The zero-order valence-corrected chi connectivity index (χ0v) is 7.87. The minimum Gasteiger partial charge on any atom is -0.387 e. The minimum atomic E-state index is -4.65. The molecular formula is C7H8F3NOS. The zero-order chi connectivity index (χ0) is 10.1. The summed E-state index contributed by atoms with van der Waals surface area (Å²) in [5.41, 5.74) is 0. The summed E-state index contributed by atoms with van der Waals surface area (Å²) in [6, 6.07) is 1.31. The van der Waals surface area contributed by atoms with E-state index in [4.69, 9.17) is 0 Å². The van der Waals surface area contributed by atoms with Gasteiger partial charge in [0.1, 0.15) is 0 Å². The number of nitrogens with zero attached hydrogens (tertiary/aromatic N) is 1. The summed E-state index contributed by atoms with van der Waals surface area (Å²) in [4.78, 5) is 0.777. The van der Waals surface area contributed by atoms with Crippen LogP contribution in [-0.4, -0.2) is 10.7 Å². The van der Waals surface area contributed by atoms with E-state index in [-0.39, 0.29) is 11.8 Å². The van der Waals surface area contributed by atoms with Gasteiger partial charge in [0.2, 0.25) is 5.88 Å². The SMILES string of the molecule is CC(C)c1cc(OC(F)(F)F)ns1. The molecule has 0 amide bonds. The van der Waals surface area contributed by atoms with Crippen molar-refractivity contribution in [2.75, 3.05) is 0 Å². The van der Waals surface area contributed by atoms with Crippen LogP contribution in [0, 0.1) is 0 Å². The van der Waals surface area contributed by atoms with Gasteiger partial charge in [0, 0.05) is 10.9 Å². The molecule has 0 fully saturated rings. The number of alkyl halides is 3.